The highest BCUT2D eigenvalue weighted by Crippen LogP contribution is 2.30. The maximum absolute atomic E-state index is 12.7. The number of ether oxygens (including phenoxy) is 1. The van der Waals surface area contributed by atoms with Crippen molar-refractivity contribution in [3.05, 3.63) is 41.5 Å². The number of benzene rings is 1. The summed E-state index contributed by atoms with van der Waals surface area (Å²) in [7, 11) is 0. The summed E-state index contributed by atoms with van der Waals surface area (Å²) in [6.45, 7) is 4.26. The molecule has 2 aromatic rings. The van der Waals surface area contributed by atoms with E-state index in [0.717, 1.165) is 49.6 Å². The number of nitrogens with zero attached hydrogens (tertiary/aromatic N) is 3. The summed E-state index contributed by atoms with van der Waals surface area (Å²) >= 11 is 0. The molecule has 1 N–H and O–H groups in total. The molecular formula is C21H26N4O4. The van der Waals surface area contributed by atoms with Gasteiger partial charge in [0.25, 0.3) is 0 Å². The second kappa shape index (κ2) is 8.73. The Morgan fingerprint density at radius 2 is 1.90 bits per heavy atom. The summed E-state index contributed by atoms with van der Waals surface area (Å²) in [6, 6.07) is 7.37. The molecule has 1 aromatic carbocycles. The Morgan fingerprint density at radius 3 is 2.62 bits per heavy atom. The van der Waals surface area contributed by atoms with Gasteiger partial charge in [-0.1, -0.05) is 17.3 Å². The maximum Gasteiger partial charge on any atom is 0.231 e. The third-order valence-corrected chi connectivity index (χ3v) is 5.56. The molecule has 2 fully saturated rings. The van der Waals surface area contributed by atoms with Crippen LogP contribution in [0.5, 0.6) is 0 Å². The van der Waals surface area contributed by atoms with E-state index < -0.39 is 0 Å². The lowest BCUT2D eigenvalue weighted by Crippen LogP contribution is -2.29. The van der Waals surface area contributed by atoms with E-state index in [2.05, 4.69) is 15.5 Å². The van der Waals surface area contributed by atoms with E-state index in [-0.39, 0.29) is 17.7 Å². The molecule has 154 valence electrons. The third-order valence-electron chi connectivity index (χ3n) is 5.56. The quantitative estimate of drug-likeness (QED) is 0.831. The van der Waals surface area contributed by atoms with E-state index in [9.17, 15) is 9.59 Å². The molecule has 1 unspecified atom stereocenters. The molecule has 0 aliphatic carbocycles. The zero-order chi connectivity index (χ0) is 20.2. The minimum Gasteiger partial charge on any atom is -0.381 e. The molecule has 2 saturated heterocycles. The molecule has 8 nitrogen and oxygen atoms in total. The van der Waals surface area contributed by atoms with Gasteiger partial charge < -0.3 is 19.5 Å². The van der Waals surface area contributed by atoms with E-state index >= 15 is 0 Å². The number of amides is 2. The van der Waals surface area contributed by atoms with Gasteiger partial charge in [-0.15, -0.1) is 0 Å². The standard InChI is InChI=1S/C21H26N4O4/c1-14(26)22-18-4-2-15(3-5-18)12-19(27)25-9-6-17(13-25)21-23-20(24-29-21)16-7-10-28-11-8-16/h2-5,16-17H,6-13H2,1H3,(H,22,26). The molecule has 8 heteroatoms. The average molecular weight is 398 g/mol. The number of carbonyl (C=O) groups is 2. The number of rotatable bonds is 5. The van der Waals surface area contributed by atoms with Gasteiger partial charge in [-0.2, -0.15) is 4.98 Å². The van der Waals surface area contributed by atoms with Crippen LogP contribution in [0.15, 0.2) is 28.8 Å². The fraction of sp³-hybridized carbons (Fsp3) is 0.524. The Kier molecular flexibility index (Phi) is 5.89. The molecule has 0 saturated carbocycles. The van der Waals surface area contributed by atoms with Crippen LogP contribution in [0.1, 0.15) is 55.3 Å². The highest BCUT2D eigenvalue weighted by atomic mass is 16.5. The van der Waals surface area contributed by atoms with E-state index in [1.807, 2.05) is 29.2 Å². The number of hydrogen-bond acceptors (Lipinski definition) is 6. The van der Waals surface area contributed by atoms with Gasteiger partial charge >= 0.3 is 0 Å². The maximum atomic E-state index is 12.7. The van der Waals surface area contributed by atoms with E-state index in [4.69, 9.17) is 9.26 Å². The van der Waals surface area contributed by atoms with Crippen molar-refractivity contribution in [2.75, 3.05) is 31.6 Å². The summed E-state index contributed by atoms with van der Waals surface area (Å²) < 4.78 is 10.9. The number of aromatic nitrogens is 2. The molecule has 0 bridgehead atoms. The lowest BCUT2D eigenvalue weighted by Gasteiger charge is -2.18. The van der Waals surface area contributed by atoms with Crippen LogP contribution in [0.25, 0.3) is 0 Å². The lowest BCUT2D eigenvalue weighted by atomic mass is 10.00. The molecule has 2 amide bonds. The molecule has 1 atom stereocenters. The van der Waals surface area contributed by atoms with E-state index in [1.165, 1.54) is 6.92 Å². The van der Waals surface area contributed by atoms with E-state index in [0.29, 0.717) is 31.3 Å². The van der Waals surface area contributed by atoms with Crippen LogP contribution in [0.3, 0.4) is 0 Å². The first kappa shape index (κ1) is 19.6. The van der Waals surface area contributed by atoms with Crippen LogP contribution in [0, 0.1) is 0 Å². The van der Waals surface area contributed by atoms with Gasteiger partial charge in [0.1, 0.15) is 0 Å². The van der Waals surface area contributed by atoms with Crippen LogP contribution in [0.4, 0.5) is 5.69 Å². The van der Waals surface area contributed by atoms with Gasteiger partial charge in [-0.3, -0.25) is 9.59 Å². The van der Waals surface area contributed by atoms with Gasteiger partial charge in [0.15, 0.2) is 5.82 Å². The normalized spacial score (nSPS) is 20.0. The first-order chi connectivity index (χ1) is 14.1. The monoisotopic (exact) mass is 398 g/mol. The Hall–Kier alpha value is -2.74. The van der Waals surface area contributed by atoms with Crippen molar-refractivity contribution in [3.8, 4) is 0 Å². The molecule has 29 heavy (non-hydrogen) atoms. The van der Waals surface area contributed by atoms with Crippen LogP contribution in [0.2, 0.25) is 0 Å². The zero-order valence-corrected chi connectivity index (χ0v) is 16.6. The van der Waals surface area contributed by atoms with Gasteiger partial charge in [0.05, 0.1) is 12.3 Å². The Bertz CT molecular complexity index is 858. The summed E-state index contributed by atoms with van der Waals surface area (Å²) in [5.74, 6) is 1.79. The topological polar surface area (TPSA) is 97.6 Å². The Morgan fingerprint density at radius 1 is 1.14 bits per heavy atom. The van der Waals surface area contributed by atoms with Crippen molar-refractivity contribution < 1.29 is 18.8 Å². The molecule has 0 radical (unpaired) electrons. The number of likely N-dealkylation sites (tertiary alicyclic amines) is 1. The second-order valence-electron chi connectivity index (χ2n) is 7.76. The molecule has 2 aliphatic heterocycles. The smallest absolute Gasteiger partial charge is 0.231 e. The number of hydrogen-bond donors (Lipinski definition) is 1. The van der Waals surface area contributed by atoms with E-state index in [1.54, 1.807) is 0 Å². The summed E-state index contributed by atoms with van der Waals surface area (Å²) in [5.41, 5.74) is 1.65. The predicted molar refractivity (Wildman–Crippen MR) is 105 cm³/mol. The molecule has 4 rings (SSSR count). The van der Waals surface area contributed by atoms with Crippen LogP contribution < -0.4 is 5.32 Å². The molecule has 2 aliphatic rings. The SMILES string of the molecule is CC(=O)Nc1ccc(CC(=O)N2CCC(c3nc(C4CCOCC4)no3)C2)cc1. The fourth-order valence-electron chi connectivity index (χ4n) is 3.92. The number of nitrogens with one attached hydrogen (secondary N) is 1. The summed E-state index contributed by atoms with van der Waals surface area (Å²) in [5, 5.41) is 6.90. The van der Waals surface area contributed by atoms with Gasteiger partial charge in [-0.05, 0) is 37.0 Å². The summed E-state index contributed by atoms with van der Waals surface area (Å²) in [6.07, 6.45) is 3.02. The highest BCUT2D eigenvalue weighted by Gasteiger charge is 2.32. The number of carbonyl (C=O) groups excluding carboxylic acids is 2. The van der Waals surface area contributed by atoms with Crippen LogP contribution >= 0.6 is 0 Å². The zero-order valence-electron chi connectivity index (χ0n) is 16.6. The predicted octanol–water partition coefficient (Wildman–Crippen LogP) is 2.48. The first-order valence-electron chi connectivity index (χ1n) is 10.1. The first-order valence-corrected chi connectivity index (χ1v) is 10.1. The summed E-state index contributed by atoms with van der Waals surface area (Å²) in [4.78, 5) is 30.3. The van der Waals surface area contributed by atoms with Gasteiger partial charge in [0.2, 0.25) is 17.7 Å². The van der Waals surface area contributed by atoms with Crippen molar-refractivity contribution in [2.45, 2.75) is 44.4 Å². The van der Waals surface area contributed by atoms with Gasteiger partial charge in [-0.25, -0.2) is 0 Å². The van der Waals surface area contributed by atoms with Crippen molar-refractivity contribution in [1.82, 2.24) is 15.0 Å². The van der Waals surface area contributed by atoms with Crippen molar-refractivity contribution in [3.63, 3.8) is 0 Å². The fourth-order valence-corrected chi connectivity index (χ4v) is 3.92. The average Bonchev–Trinajstić information content (AvgIpc) is 3.39. The Balaban J connectivity index is 1.31. The largest absolute Gasteiger partial charge is 0.381 e. The lowest BCUT2D eigenvalue weighted by molar-refractivity contribution is -0.129. The third kappa shape index (κ3) is 4.82. The van der Waals surface area contributed by atoms with Crippen LogP contribution in [-0.2, 0) is 20.7 Å². The van der Waals surface area contributed by atoms with Gasteiger partial charge in [0, 0.05) is 44.8 Å². The molecule has 1 aromatic heterocycles. The molecule has 3 heterocycles. The number of anilines is 1. The van der Waals surface area contributed by atoms with Crippen molar-refractivity contribution in [1.29, 1.82) is 0 Å². The van der Waals surface area contributed by atoms with Crippen LogP contribution in [-0.4, -0.2) is 53.2 Å². The second-order valence-corrected chi connectivity index (χ2v) is 7.76. The Labute approximate surface area is 169 Å². The van der Waals surface area contributed by atoms with Crippen molar-refractivity contribution >= 4 is 17.5 Å². The molecule has 0 spiro atoms. The highest BCUT2D eigenvalue weighted by molar-refractivity contribution is 5.88. The molecular weight excluding hydrogens is 372 g/mol. The van der Waals surface area contributed by atoms with Crippen molar-refractivity contribution in [2.24, 2.45) is 0 Å². The minimum absolute atomic E-state index is 0.0870. The minimum atomic E-state index is -0.113.